The van der Waals surface area contributed by atoms with Crippen molar-refractivity contribution in [1.29, 1.82) is 0 Å². The molecule has 0 aromatic heterocycles. The molecule has 2 saturated heterocycles. The first-order valence-corrected chi connectivity index (χ1v) is 14.0. The van der Waals surface area contributed by atoms with Crippen molar-refractivity contribution in [3.8, 4) is 0 Å². The van der Waals surface area contributed by atoms with Crippen LogP contribution in [0.5, 0.6) is 0 Å². The highest BCUT2D eigenvalue weighted by Crippen LogP contribution is 2.43. The Kier molecular flexibility index (Phi) is 8.47. The third-order valence-corrected chi connectivity index (χ3v) is 8.65. The van der Waals surface area contributed by atoms with Gasteiger partial charge in [-0.05, 0) is 11.8 Å². The van der Waals surface area contributed by atoms with E-state index in [0.717, 1.165) is 38.8 Å². The van der Waals surface area contributed by atoms with Crippen LogP contribution < -0.4 is 5.32 Å². The summed E-state index contributed by atoms with van der Waals surface area (Å²) in [6, 6.07) is 19.0. The maximum Gasteiger partial charge on any atom is 0.236 e. The van der Waals surface area contributed by atoms with Gasteiger partial charge in [0.25, 0.3) is 0 Å². The zero-order valence-electron chi connectivity index (χ0n) is 21.7. The molecule has 6 nitrogen and oxygen atoms in total. The van der Waals surface area contributed by atoms with Crippen LogP contribution in [0.3, 0.4) is 0 Å². The number of amides is 1. The second kappa shape index (κ2) is 12.1. The second-order valence-electron chi connectivity index (χ2n) is 11.0. The Labute approximate surface area is 220 Å². The number of ketones is 2. The Morgan fingerprint density at radius 1 is 0.730 bits per heavy atom. The number of carbonyl (C=O) groups excluding carboxylic acids is 3. The maximum absolute atomic E-state index is 14.0. The first kappa shape index (κ1) is 25.8. The molecule has 1 saturated carbocycles. The molecule has 0 bridgehead atoms. The lowest BCUT2D eigenvalue weighted by molar-refractivity contribution is -0.134. The summed E-state index contributed by atoms with van der Waals surface area (Å²) in [7, 11) is 0. The van der Waals surface area contributed by atoms with Gasteiger partial charge in [0, 0.05) is 62.2 Å². The van der Waals surface area contributed by atoms with Gasteiger partial charge in [0.2, 0.25) is 5.91 Å². The molecular formula is C31H39N3O3. The predicted octanol–water partition coefficient (Wildman–Crippen LogP) is 3.93. The van der Waals surface area contributed by atoms with Crippen LogP contribution in [0.15, 0.2) is 60.7 Å². The van der Waals surface area contributed by atoms with Crippen LogP contribution in [-0.4, -0.2) is 73.1 Å². The summed E-state index contributed by atoms with van der Waals surface area (Å²) in [6.07, 6.45) is 5.68. The van der Waals surface area contributed by atoms with Gasteiger partial charge in [-0.3, -0.25) is 19.3 Å². The van der Waals surface area contributed by atoms with E-state index in [2.05, 4.69) is 10.2 Å². The normalized spacial score (nSPS) is 24.1. The molecule has 37 heavy (non-hydrogen) atoms. The third kappa shape index (κ3) is 6.02. The smallest absolute Gasteiger partial charge is 0.236 e. The molecule has 0 radical (unpaired) electrons. The Balaban J connectivity index is 1.48. The summed E-state index contributed by atoms with van der Waals surface area (Å²) >= 11 is 0. The number of piperidine rings is 1. The molecule has 2 aromatic carbocycles. The van der Waals surface area contributed by atoms with E-state index in [1.165, 1.54) is 6.42 Å². The number of benzene rings is 2. The fraction of sp³-hybridized carbons (Fsp3) is 0.516. The van der Waals surface area contributed by atoms with Crippen molar-refractivity contribution >= 4 is 17.5 Å². The summed E-state index contributed by atoms with van der Waals surface area (Å²) in [5.74, 6) is 0.0685. The maximum atomic E-state index is 14.0. The molecule has 0 spiro atoms. The summed E-state index contributed by atoms with van der Waals surface area (Å²) < 4.78 is 0. The highest BCUT2D eigenvalue weighted by molar-refractivity contribution is 6.01. The third-order valence-electron chi connectivity index (χ3n) is 8.65. The molecule has 2 heterocycles. The summed E-state index contributed by atoms with van der Waals surface area (Å²) in [5.41, 5.74) is 1.41. The van der Waals surface area contributed by atoms with E-state index in [-0.39, 0.29) is 41.8 Å². The van der Waals surface area contributed by atoms with E-state index in [4.69, 9.17) is 0 Å². The van der Waals surface area contributed by atoms with E-state index < -0.39 is 0 Å². The van der Waals surface area contributed by atoms with E-state index >= 15 is 0 Å². The number of piperazine rings is 1. The van der Waals surface area contributed by atoms with E-state index in [0.29, 0.717) is 43.2 Å². The zero-order valence-corrected chi connectivity index (χ0v) is 21.7. The van der Waals surface area contributed by atoms with Crippen molar-refractivity contribution in [3.05, 3.63) is 71.8 Å². The topological polar surface area (TPSA) is 69.7 Å². The van der Waals surface area contributed by atoms with Gasteiger partial charge in [-0.1, -0.05) is 92.8 Å². The highest BCUT2D eigenvalue weighted by Gasteiger charge is 2.47. The van der Waals surface area contributed by atoms with Crippen molar-refractivity contribution < 1.29 is 14.4 Å². The number of hydrogen-bond acceptors (Lipinski definition) is 5. The second-order valence-corrected chi connectivity index (χ2v) is 11.0. The first-order valence-electron chi connectivity index (χ1n) is 14.0. The fourth-order valence-electron chi connectivity index (χ4n) is 6.81. The molecule has 2 aromatic rings. The van der Waals surface area contributed by atoms with Crippen molar-refractivity contribution in [1.82, 2.24) is 15.1 Å². The SMILES string of the molecule is O=C(c1ccccc1)[C@H]1CN(CC(=O)N2CCNCC2)C[C@H](C(=O)c2ccccc2)C1C1CCCCC1. The summed E-state index contributed by atoms with van der Waals surface area (Å²) in [6.45, 7) is 4.34. The average molecular weight is 502 g/mol. The van der Waals surface area contributed by atoms with E-state index in [1.807, 2.05) is 65.6 Å². The predicted molar refractivity (Wildman–Crippen MR) is 144 cm³/mol. The molecular weight excluding hydrogens is 462 g/mol. The number of Topliss-reactive ketones (excluding diaryl/α,β-unsaturated/α-hetero) is 2. The minimum Gasteiger partial charge on any atom is -0.339 e. The molecule has 2 atom stereocenters. The molecule has 1 aliphatic carbocycles. The van der Waals surface area contributed by atoms with Gasteiger partial charge < -0.3 is 10.2 Å². The van der Waals surface area contributed by atoms with Gasteiger partial charge in [0.1, 0.15) is 0 Å². The van der Waals surface area contributed by atoms with Gasteiger partial charge in [-0.25, -0.2) is 0 Å². The quantitative estimate of drug-likeness (QED) is 0.583. The molecule has 5 rings (SSSR count). The molecule has 2 aliphatic heterocycles. The summed E-state index contributed by atoms with van der Waals surface area (Å²) in [4.78, 5) is 45.3. The van der Waals surface area contributed by atoms with Crippen LogP contribution in [0, 0.1) is 23.7 Å². The standard InChI is InChI=1S/C31H39N3O3/c35-28(34-18-16-32-17-19-34)22-33-20-26(30(36)24-12-6-2-7-13-24)29(23-10-4-1-5-11-23)27(21-33)31(37)25-14-8-3-9-15-25/h2-3,6-9,12-15,23,26-27,29,32H,1,4-5,10-11,16-22H2/t26-,27-/m0/s1. The lowest BCUT2D eigenvalue weighted by Gasteiger charge is -2.47. The number of likely N-dealkylation sites (tertiary alicyclic amines) is 1. The van der Waals surface area contributed by atoms with Crippen LogP contribution in [0.1, 0.15) is 52.8 Å². The van der Waals surface area contributed by atoms with E-state index in [1.54, 1.807) is 0 Å². The Morgan fingerprint density at radius 3 is 1.76 bits per heavy atom. The Morgan fingerprint density at radius 2 is 1.24 bits per heavy atom. The van der Waals surface area contributed by atoms with Gasteiger partial charge in [0.15, 0.2) is 11.6 Å². The van der Waals surface area contributed by atoms with Gasteiger partial charge >= 0.3 is 0 Å². The lowest BCUT2D eigenvalue weighted by Crippen LogP contribution is -2.56. The lowest BCUT2D eigenvalue weighted by atomic mass is 9.63. The van der Waals surface area contributed by atoms with E-state index in [9.17, 15) is 14.4 Å². The van der Waals surface area contributed by atoms with Crippen molar-refractivity contribution in [3.63, 3.8) is 0 Å². The molecule has 3 fully saturated rings. The average Bonchev–Trinajstić information content (AvgIpc) is 2.97. The van der Waals surface area contributed by atoms with Gasteiger partial charge in [-0.2, -0.15) is 0 Å². The van der Waals surface area contributed by atoms with Crippen LogP contribution in [0.4, 0.5) is 0 Å². The molecule has 0 unspecified atom stereocenters. The Hall–Kier alpha value is -2.83. The number of carbonyl (C=O) groups is 3. The van der Waals surface area contributed by atoms with Crippen LogP contribution in [0.25, 0.3) is 0 Å². The number of nitrogens with zero attached hydrogens (tertiary/aromatic N) is 2. The van der Waals surface area contributed by atoms with Crippen molar-refractivity contribution in [2.75, 3.05) is 45.8 Å². The number of hydrogen-bond donors (Lipinski definition) is 1. The van der Waals surface area contributed by atoms with Crippen molar-refractivity contribution in [2.45, 2.75) is 32.1 Å². The van der Waals surface area contributed by atoms with Crippen molar-refractivity contribution in [2.24, 2.45) is 23.7 Å². The highest BCUT2D eigenvalue weighted by atomic mass is 16.2. The molecule has 6 heteroatoms. The van der Waals surface area contributed by atoms with Gasteiger partial charge in [-0.15, -0.1) is 0 Å². The largest absolute Gasteiger partial charge is 0.339 e. The Bertz CT molecular complexity index is 1000. The molecule has 196 valence electrons. The minimum atomic E-state index is -0.298. The minimum absolute atomic E-state index is 0.00810. The summed E-state index contributed by atoms with van der Waals surface area (Å²) in [5, 5.41) is 3.30. The van der Waals surface area contributed by atoms with Crippen LogP contribution in [-0.2, 0) is 4.79 Å². The van der Waals surface area contributed by atoms with Crippen LogP contribution >= 0.6 is 0 Å². The van der Waals surface area contributed by atoms with Crippen LogP contribution in [0.2, 0.25) is 0 Å². The number of rotatable bonds is 7. The molecule has 3 aliphatic rings. The molecule has 1 amide bonds. The van der Waals surface area contributed by atoms with Gasteiger partial charge in [0.05, 0.1) is 6.54 Å². The first-order chi connectivity index (χ1) is 18.1. The molecule has 1 N–H and O–H groups in total. The zero-order chi connectivity index (χ0) is 25.6. The monoisotopic (exact) mass is 501 g/mol. The number of nitrogens with one attached hydrogen (secondary N) is 1. The fourth-order valence-corrected chi connectivity index (χ4v) is 6.81.